The zero-order chi connectivity index (χ0) is 15.8. The molecule has 118 valence electrons. The van der Waals surface area contributed by atoms with Gasteiger partial charge in [-0.25, -0.2) is 8.78 Å². The van der Waals surface area contributed by atoms with Crippen LogP contribution in [0.25, 0.3) is 0 Å². The molecule has 0 unspecified atom stereocenters. The summed E-state index contributed by atoms with van der Waals surface area (Å²) < 4.78 is 24.7. The summed E-state index contributed by atoms with van der Waals surface area (Å²) >= 11 is 0. The Morgan fingerprint density at radius 2 is 1.90 bits per heavy atom. The Morgan fingerprint density at radius 1 is 1.29 bits per heavy atom. The fourth-order valence-electron chi connectivity index (χ4n) is 1.93. The van der Waals surface area contributed by atoms with Crippen LogP contribution in [0.1, 0.15) is 25.3 Å². The van der Waals surface area contributed by atoms with Crippen LogP contribution < -0.4 is 5.32 Å². The van der Waals surface area contributed by atoms with Gasteiger partial charge >= 0.3 is 0 Å². The van der Waals surface area contributed by atoms with Crippen molar-refractivity contribution in [2.45, 2.75) is 26.2 Å². The lowest BCUT2D eigenvalue weighted by molar-refractivity contribution is -0.117. The Balaban J connectivity index is 2.54. The van der Waals surface area contributed by atoms with Gasteiger partial charge in [0.1, 0.15) is 0 Å². The van der Waals surface area contributed by atoms with E-state index in [1.54, 1.807) is 12.1 Å². The van der Waals surface area contributed by atoms with E-state index in [1.807, 2.05) is 12.1 Å². The highest BCUT2D eigenvalue weighted by molar-refractivity contribution is 5.92. The molecule has 1 amide bonds. The molecule has 1 rings (SSSR count). The zero-order valence-corrected chi connectivity index (χ0v) is 12.4. The van der Waals surface area contributed by atoms with Crippen LogP contribution in [0.15, 0.2) is 24.3 Å². The van der Waals surface area contributed by atoms with Crippen molar-refractivity contribution in [1.82, 2.24) is 4.90 Å². The maximum Gasteiger partial charge on any atom is 0.251 e. The number of carbonyl (C=O) groups is 1. The summed E-state index contributed by atoms with van der Waals surface area (Å²) in [5.41, 5.74) is 1.79. The first-order valence-electron chi connectivity index (χ1n) is 6.93. The van der Waals surface area contributed by atoms with Crippen molar-refractivity contribution >= 4 is 11.6 Å². The molecule has 0 radical (unpaired) electrons. The van der Waals surface area contributed by atoms with E-state index in [4.69, 9.17) is 5.11 Å². The highest BCUT2D eigenvalue weighted by Gasteiger charge is 2.15. The predicted molar refractivity (Wildman–Crippen MR) is 78.7 cm³/mol. The highest BCUT2D eigenvalue weighted by atomic mass is 19.3. The molecule has 0 saturated carbocycles. The molecule has 0 aliphatic rings. The quantitative estimate of drug-likeness (QED) is 0.774. The molecule has 2 N–H and O–H groups in total. The Hall–Kier alpha value is -1.53. The summed E-state index contributed by atoms with van der Waals surface area (Å²) in [5.74, 6) is 0.0298. The molecule has 0 aromatic heterocycles. The molecule has 21 heavy (non-hydrogen) atoms. The van der Waals surface area contributed by atoms with Crippen LogP contribution in [-0.4, -0.2) is 48.6 Å². The Bertz CT molecular complexity index is 436. The van der Waals surface area contributed by atoms with E-state index in [2.05, 4.69) is 19.2 Å². The van der Waals surface area contributed by atoms with E-state index < -0.39 is 13.0 Å². The molecule has 0 heterocycles. The van der Waals surface area contributed by atoms with Gasteiger partial charge in [0.15, 0.2) is 0 Å². The molecule has 1 aromatic rings. The number of benzene rings is 1. The lowest BCUT2D eigenvalue weighted by Gasteiger charge is -2.20. The van der Waals surface area contributed by atoms with Crippen molar-refractivity contribution in [2.24, 2.45) is 0 Å². The molecule has 6 heteroatoms. The van der Waals surface area contributed by atoms with E-state index in [0.29, 0.717) is 11.6 Å². The number of halogens is 2. The summed E-state index contributed by atoms with van der Waals surface area (Å²) in [6.07, 6.45) is -2.53. The summed E-state index contributed by atoms with van der Waals surface area (Å²) in [5, 5.41) is 11.5. The number of hydrogen-bond acceptors (Lipinski definition) is 3. The van der Waals surface area contributed by atoms with Gasteiger partial charge < -0.3 is 10.4 Å². The molecule has 1 aromatic carbocycles. The summed E-state index contributed by atoms with van der Waals surface area (Å²) in [6.45, 7) is 3.24. The van der Waals surface area contributed by atoms with Crippen LogP contribution >= 0.6 is 0 Å². The number of nitrogens with zero attached hydrogens (tertiary/aromatic N) is 1. The maximum atomic E-state index is 12.4. The molecule has 0 saturated heterocycles. The normalized spacial score (nSPS) is 11.4. The lowest BCUT2D eigenvalue weighted by atomic mass is 10.0. The number of aliphatic hydroxyl groups is 1. The molecule has 0 aliphatic carbocycles. The van der Waals surface area contributed by atoms with Crippen LogP contribution in [-0.2, 0) is 4.79 Å². The van der Waals surface area contributed by atoms with Gasteiger partial charge in [0, 0.05) is 12.2 Å². The average Bonchev–Trinajstić information content (AvgIpc) is 2.38. The zero-order valence-electron chi connectivity index (χ0n) is 12.4. The van der Waals surface area contributed by atoms with E-state index in [1.165, 1.54) is 4.90 Å². The first-order valence-corrected chi connectivity index (χ1v) is 6.93. The number of rotatable bonds is 8. The van der Waals surface area contributed by atoms with Crippen molar-refractivity contribution in [2.75, 3.05) is 31.6 Å². The van der Waals surface area contributed by atoms with Gasteiger partial charge in [-0.05, 0) is 23.6 Å². The third-order valence-corrected chi connectivity index (χ3v) is 3.04. The van der Waals surface area contributed by atoms with Gasteiger partial charge in [-0.3, -0.25) is 9.69 Å². The van der Waals surface area contributed by atoms with Gasteiger partial charge in [0.25, 0.3) is 6.43 Å². The number of amides is 1. The summed E-state index contributed by atoms with van der Waals surface area (Å²) in [7, 11) is 0. The number of carbonyl (C=O) groups excluding carboxylic acids is 1. The van der Waals surface area contributed by atoms with Crippen LogP contribution in [0.4, 0.5) is 14.5 Å². The number of anilines is 1. The maximum absolute atomic E-state index is 12.4. The Labute approximate surface area is 123 Å². The van der Waals surface area contributed by atoms with E-state index in [-0.39, 0.29) is 25.6 Å². The number of alkyl halides is 2. The number of nitrogens with one attached hydrogen (secondary N) is 1. The van der Waals surface area contributed by atoms with Crippen molar-refractivity contribution in [3.05, 3.63) is 29.8 Å². The standard InChI is InChI=1S/C15H22F2N2O2/c1-11(2)12-3-5-13(6-4-12)18-15(21)10-19(7-8-20)9-14(16)17/h3-6,11,14,20H,7-10H2,1-2H3,(H,18,21). The molecule has 0 aliphatic heterocycles. The first-order chi connectivity index (χ1) is 9.92. The third kappa shape index (κ3) is 6.64. The van der Waals surface area contributed by atoms with Crippen molar-refractivity contribution < 1.29 is 18.7 Å². The molecule has 4 nitrogen and oxygen atoms in total. The second kappa shape index (κ2) is 8.69. The predicted octanol–water partition coefficient (Wildman–Crippen LogP) is 2.31. The van der Waals surface area contributed by atoms with Crippen LogP contribution in [0.5, 0.6) is 0 Å². The van der Waals surface area contributed by atoms with Gasteiger partial charge in [-0.15, -0.1) is 0 Å². The largest absolute Gasteiger partial charge is 0.395 e. The van der Waals surface area contributed by atoms with Gasteiger partial charge in [-0.1, -0.05) is 26.0 Å². The second-order valence-electron chi connectivity index (χ2n) is 5.17. The van der Waals surface area contributed by atoms with Crippen molar-refractivity contribution in [3.8, 4) is 0 Å². The Kier molecular flexibility index (Phi) is 7.25. The first kappa shape index (κ1) is 17.5. The number of aliphatic hydroxyl groups excluding tert-OH is 1. The molecule has 0 spiro atoms. The van der Waals surface area contributed by atoms with Crippen LogP contribution in [0.2, 0.25) is 0 Å². The van der Waals surface area contributed by atoms with E-state index >= 15 is 0 Å². The summed E-state index contributed by atoms with van der Waals surface area (Å²) in [4.78, 5) is 13.0. The minimum Gasteiger partial charge on any atom is -0.395 e. The van der Waals surface area contributed by atoms with Crippen molar-refractivity contribution in [3.63, 3.8) is 0 Å². The van der Waals surface area contributed by atoms with Crippen LogP contribution in [0, 0.1) is 0 Å². The smallest absolute Gasteiger partial charge is 0.251 e. The van der Waals surface area contributed by atoms with E-state index in [0.717, 1.165) is 5.56 Å². The fourth-order valence-corrected chi connectivity index (χ4v) is 1.93. The summed E-state index contributed by atoms with van der Waals surface area (Å²) in [6, 6.07) is 7.42. The SMILES string of the molecule is CC(C)c1ccc(NC(=O)CN(CCO)CC(F)F)cc1. The molecule has 0 bridgehead atoms. The molecular formula is C15H22F2N2O2. The van der Waals surface area contributed by atoms with E-state index in [9.17, 15) is 13.6 Å². The molecule has 0 atom stereocenters. The topological polar surface area (TPSA) is 52.6 Å². The second-order valence-corrected chi connectivity index (χ2v) is 5.17. The van der Waals surface area contributed by atoms with Gasteiger partial charge in [-0.2, -0.15) is 0 Å². The fraction of sp³-hybridized carbons (Fsp3) is 0.533. The minimum atomic E-state index is -2.53. The Morgan fingerprint density at radius 3 is 2.38 bits per heavy atom. The monoisotopic (exact) mass is 300 g/mol. The van der Waals surface area contributed by atoms with Gasteiger partial charge in [0.05, 0.1) is 19.7 Å². The molecule has 0 fully saturated rings. The van der Waals surface area contributed by atoms with Crippen molar-refractivity contribution in [1.29, 1.82) is 0 Å². The molecular weight excluding hydrogens is 278 g/mol. The van der Waals surface area contributed by atoms with Crippen LogP contribution in [0.3, 0.4) is 0 Å². The number of hydrogen-bond donors (Lipinski definition) is 2. The third-order valence-electron chi connectivity index (χ3n) is 3.04. The highest BCUT2D eigenvalue weighted by Crippen LogP contribution is 2.17. The van der Waals surface area contributed by atoms with Gasteiger partial charge in [0.2, 0.25) is 5.91 Å². The average molecular weight is 300 g/mol. The lowest BCUT2D eigenvalue weighted by Crippen LogP contribution is -2.38. The minimum absolute atomic E-state index is 0.0457.